The van der Waals surface area contributed by atoms with Crippen LogP contribution in [0, 0.1) is 5.41 Å². The Kier molecular flexibility index (Phi) is 3.85. The lowest BCUT2D eigenvalue weighted by atomic mass is 9.80. The van der Waals surface area contributed by atoms with Crippen molar-refractivity contribution in [3.8, 4) is 0 Å². The Morgan fingerprint density at radius 1 is 1.16 bits per heavy atom. The number of carboxylic acid groups (broad SMARTS) is 1. The third-order valence-electron chi connectivity index (χ3n) is 4.95. The van der Waals surface area contributed by atoms with E-state index in [4.69, 9.17) is 5.73 Å². The molecule has 2 unspecified atom stereocenters. The lowest BCUT2D eigenvalue weighted by Gasteiger charge is -2.35. The predicted molar refractivity (Wildman–Crippen MR) is 71.5 cm³/mol. The summed E-state index contributed by atoms with van der Waals surface area (Å²) < 4.78 is 0. The SMILES string of the molecule is CC1(C(=O)O)CCCC1NC(=O)C1(N)CCCCC1. The number of aliphatic carboxylic acids is 1. The van der Waals surface area contributed by atoms with E-state index in [1.807, 2.05) is 0 Å². The van der Waals surface area contributed by atoms with E-state index >= 15 is 0 Å². The molecule has 4 N–H and O–H groups in total. The molecule has 0 aromatic rings. The Morgan fingerprint density at radius 3 is 2.37 bits per heavy atom. The Morgan fingerprint density at radius 2 is 1.79 bits per heavy atom. The number of carbonyl (C=O) groups is 2. The molecular weight excluding hydrogens is 244 g/mol. The quantitative estimate of drug-likeness (QED) is 0.721. The van der Waals surface area contributed by atoms with E-state index in [9.17, 15) is 14.7 Å². The van der Waals surface area contributed by atoms with E-state index in [1.165, 1.54) is 0 Å². The van der Waals surface area contributed by atoms with Crippen LogP contribution in [0.5, 0.6) is 0 Å². The third-order valence-corrected chi connectivity index (χ3v) is 4.95. The molecule has 2 aliphatic carbocycles. The first-order valence-corrected chi connectivity index (χ1v) is 7.22. The van der Waals surface area contributed by atoms with Crippen LogP contribution in [-0.2, 0) is 9.59 Å². The van der Waals surface area contributed by atoms with Crippen LogP contribution in [0.2, 0.25) is 0 Å². The van der Waals surface area contributed by atoms with Crippen LogP contribution < -0.4 is 11.1 Å². The van der Waals surface area contributed by atoms with Gasteiger partial charge in [-0.1, -0.05) is 25.7 Å². The predicted octanol–water partition coefficient (Wildman–Crippen LogP) is 1.41. The zero-order valence-corrected chi connectivity index (χ0v) is 11.6. The minimum Gasteiger partial charge on any atom is -0.481 e. The summed E-state index contributed by atoms with van der Waals surface area (Å²) >= 11 is 0. The van der Waals surface area contributed by atoms with Gasteiger partial charge < -0.3 is 16.2 Å². The highest BCUT2D eigenvalue weighted by Crippen LogP contribution is 2.38. The average Bonchev–Trinajstić information content (AvgIpc) is 2.73. The summed E-state index contributed by atoms with van der Waals surface area (Å²) in [6.07, 6.45) is 6.67. The summed E-state index contributed by atoms with van der Waals surface area (Å²) in [5.74, 6) is -0.989. The van der Waals surface area contributed by atoms with Gasteiger partial charge in [-0.25, -0.2) is 0 Å². The van der Waals surface area contributed by atoms with Gasteiger partial charge in [0.05, 0.1) is 11.0 Å². The van der Waals surface area contributed by atoms with Crippen LogP contribution in [0.15, 0.2) is 0 Å². The monoisotopic (exact) mass is 268 g/mol. The van der Waals surface area contributed by atoms with Crippen molar-refractivity contribution in [3.05, 3.63) is 0 Å². The number of carbonyl (C=O) groups excluding carboxylic acids is 1. The molecule has 108 valence electrons. The smallest absolute Gasteiger partial charge is 0.311 e. The number of hydrogen-bond donors (Lipinski definition) is 3. The van der Waals surface area contributed by atoms with Gasteiger partial charge in [0, 0.05) is 6.04 Å². The molecule has 0 radical (unpaired) electrons. The molecule has 2 aliphatic rings. The largest absolute Gasteiger partial charge is 0.481 e. The second kappa shape index (κ2) is 5.12. The lowest BCUT2D eigenvalue weighted by Crippen LogP contribution is -2.59. The maximum atomic E-state index is 12.4. The van der Waals surface area contributed by atoms with Gasteiger partial charge in [-0.05, 0) is 32.6 Å². The first kappa shape index (κ1) is 14.3. The number of hydrogen-bond acceptors (Lipinski definition) is 3. The Hall–Kier alpha value is -1.10. The molecule has 0 aromatic carbocycles. The van der Waals surface area contributed by atoms with Crippen LogP contribution in [0.25, 0.3) is 0 Å². The fourth-order valence-corrected chi connectivity index (χ4v) is 3.37. The summed E-state index contributed by atoms with van der Waals surface area (Å²) in [6.45, 7) is 1.72. The highest BCUT2D eigenvalue weighted by atomic mass is 16.4. The maximum absolute atomic E-state index is 12.4. The molecule has 0 saturated heterocycles. The number of carboxylic acids is 1. The second-order valence-electron chi connectivity index (χ2n) is 6.36. The van der Waals surface area contributed by atoms with Crippen molar-refractivity contribution in [1.29, 1.82) is 0 Å². The molecule has 2 atom stereocenters. The van der Waals surface area contributed by atoms with Crippen LogP contribution in [0.1, 0.15) is 58.3 Å². The van der Waals surface area contributed by atoms with Crippen LogP contribution in [0.3, 0.4) is 0 Å². The summed E-state index contributed by atoms with van der Waals surface area (Å²) in [4.78, 5) is 23.7. The van der Waals surface area contributed by atoms with E-state index in [1.54, 1.807) is 6.92 Å². The topological polar surface area (TPSA) is 92.4 Å². The van der Waals surface area contributed by atoms with Crippen molar-refractivity contribution in [3.63, 3.8) is 0 Å². The highest BCUT2D eigenvalue weighted by molar-refractivity contribution is 5.87. The molecule has 0 bridgehead atoms. The summed E-state index contributed by atoms with van der Waals surface area (Å²) in [6, 6.07) is -0.292. The van der Waals surface area contributed by atoms with Crippen molar-refractivity contribution < 1.29 is 14.7 Å². The Bertz CT molecular complexity index is 377. The molecule has 0 aliphatic heterocycles. The van der Waals surface area contributed by atoms with Gasteiger partial charge in [0.2, 0.25) is 5.91 Å². The Labute approximate surface area is 113 Å². The zero-order valence-electron chi connectivity index (χ0n) is 11.6. The molecule has 2 saturated carbocycles. The van der Waals surface area contributed by atoms with E-state index in [0.29, 0.717) is 19.3 Å². The highest BCUT2D eigenvalue weighted by Gasteiger charge is 2.47. The fraction of sp³-hybridized carbons (Fsp3) is 0.857. The van der Waals surface area contributed by atoms with Crippen LogP contribution >= 0.6 is 0 Å². The van der Waals surface area contributed by atoms with Gasteiger partial charge in [-0.3, -0.25) is 9.59 Å². The van der Waals surface area contributed by atoms with Crippen molar-refractivity contribution >= 4 is 11.9 Å². The summed E-state index contributed by atoms with van der Waals surface area (Å²) in [5.41, 5.74) is 4.55. The van der Waals surface area contributed by atoms with Crippen molar-refractivity contribution in [2.75, 3.05) is 0 Å². The minimum atomic E-state index is -0.847. The standard InChI is InChI=1S/C14H24N2O3/c1-13(12(18)19)7-5-6-10(13)16-11(17)14(15)8-3-2-4-9-14/h10H,2-9,15H2,1H3,(H,16,17)(H,18,19). The minimum absolute atomic E-state index is 0.161. The van der Waals surface area contributed by atoms with Crippen molar-refractivity contribution in [1.82, 2.24) is 5.32 Å². The number of rotatable bonds is 3. The molecule has 19 heavy (non-hydrogen) atoms. The van der Waals surface area contributed by atoms with Gasteiger partial charge in [-0.15, -0.1) is 0 Å². The molecule has 0 spiro atoms. The van der Waals surface area contributed by atoms with Crippen molar-refractivity contribution in [2.24, 2.45) is 11.1 Å². The lowest BCUT2D eigenvalue weighted by molar-refractivity contribution is -0.149. The first-order chi connectivity index (χ1) is 8.88. The van der Waals surface area contributed by atoms with Gasteiger partial charge in [0.1, 0.15) is 0 Å². The van der Waals surface area contributed by atoms with E-state index in [0.717, 1.165) is 32.1 Å². The molecule has 2 rings (SSSR count). The van der Waals surface area contributed by atoms with Gasteiger partial charge in [0.25, 0.3) is 0 Å². The van der Waals surface area contributed by atoms with E-state index in [2.05, 4.69) is 5.32 Å². The molecule has 0 heterocycles. The zero-order chi connectivity index (χ0) is 14.1. The normalized spacial score (nSPS) is 33.9. The molecule has 1 amide bonds. The summed E-state index contributed by atoms with van der Waals surface area (Å²) in [5, 5.41) is 12.3. The van der Waals surface area contributed by atoms with E-state index < -0.39 is 16.9 Å². The molecular formula is C14H24N2O3. The van der Waals surface area contributed by atoms with E-state index in [-0.39, 0.29) is 11.9 Å². The molecule has 0 aromatic heterocycles. The first-order valence-electron chi connectivity index (χ1n) is 7.22. The third kappa shape index (κ3) is 2.61. The molecule has 5 nitrogen and oxygen atoms in total. The second-order valence-corrected chi connectivity index (χ2v) is 6.36. The van der Waals surface area contributed by atoms with Crippen molar-refractivity contribution in [2.45, 2.75) is 69.9 Å². The number of nitrogens with one attached hydrogen (secondary N) is 1. The number of nitrogens with two attached hydrogens (primary N) is 1. The molecule has 2 fully saturated rings. The van der Waals surface area contributed by atoms with Gasteiger partial charge >= 0.3 is 5.97 Å². The number of amides is 1. The summed E-state index contributed by atoms with van der Waals surface area (Å²) in [7, 11) is 0. The molecule has 5 heteroatoms. The fourth-order valence-electron chi connectivity index (χ4n) is 3.37. The Balaban J connectivity index is 2.04. The van der Waals surface area contributed by atoms with Gasteiger partial charge in [-0.2, -0.15) is 0 Å². The average molecular weight is 268 g/mol. The van der Waals surface area contributed by atoms with Crippen LogP contribution in [-0.4, -0.2) is 28.6 Å². The van der Waals surface area contributed by atoms with Gasteiger partial charge in [0.15, 0.2) is 0 Å². The van der Waals surface area contributed by atoms with Crippen LogP contribution in [0.4, 0.5) is 0 Å². The maximum Gasteiger partial charge on any atom is 0.311 e.